The second-order valence-electron chi connectivity index (χ2n) is 5.99. The summed E-state index contributed by atoms with van der Waals surface area (Å²) in [6, 6.07) is 7.48. The maximum Gasteiger partial charge on any atom is 0.262 e. The SMILES string of the molecule is Cc1c(F)cc(-c2c(F)c(F)c(F)c(F)c2NS(=O)(=O)c2ccccc2)cc1F. The van der Waals surface area contributed by atoms with Gasteiger partial charge in [-0.2, -0.15) is 0 Å². The van der Waals surface area contributed by atoms with E-state index in [1.165, 1.54) is 18.2 Å². The fourth-order valence-corrected chi connectivity index (χ4v) is 3.67. The number of benzene rings is 3. The molecule has 3 aromatic carbocycles. The van der Waals surface area contributed by atoms with Crippen molar-refractivity contribution < 1.29 is 34.8 Å². The van der Waals surface area contributed by atoms with Crippen molar-refractivity contribution in [1.29, 1.82) is 0 Å². The van der Waals surface area contributed by atoms with Gasteiger partial charge in [0, 0.05) is 11.1 Å². The van der Waals surface area contributed by atoms with Crippen molar-refractivity contribution in [3.8, 4) is 11.1 Å². The Kier molecular flexibility index (Phi) is 5.31. The van der Waals surface area contributed by atoms with Gasteiger partial charge in [-0.1, -0.05) is 18.2 Å². The average molecular weight is 431 g/mol. The zero-order chi connectivity index (χ0) is 21.5. The van der Waals surface area contributed by atoms with E-state index >= 15 is 0 Å². The number of nitrogens with one attached hydrogen (secondary N) is 1. The van der Waals surface area contributed by atoms with Crippen LogP contribution >= 0.6 is 0 Å². The molecule has 0 heterocycles. The fourth-order valence-electron chi connectivity index (χ4n) is 2.58. The third-order valence-electron chi connectivity index (χ3n) is 4.13. The minimum absolute atomic E-state index is 0.392. The summed E-state index contributed by atoms with van der Waals surface area (Å²) < 4.78 is 111. The van der Waals surface area contributed by atoms with Crippen LogP contribution in [0.25, 0.3) is 11.1 Å². The third kappa shape index (κ3) is 3.67. The molecule has 3 aromatic rings. The van der Waals surface area contributed by atoms with Crippen LogP contribution in [0.3, 0.4) is 0 Å². The first kappa shape index (κ1) is 20.7. The molecule has 0 saturated heterocycles. The first-order chi connectivity index (χ1) is 13.5. The lowest BCUT2D eigenvalue weighted by molar-refractivity contribution is 0.413. The normalized spacial score (nSPS) is 11.6. The standard InChI is InChI=1S/C19H11F6NO2S/c1-9-12(20)7-10(8-13(9)21)14-15(22)16(23)17(24)18(25)19(14)26-29(27,28)11-5-3-2-4-6-11/h2-8,26H,1H3. The summed E-state index contributed by atoms with van der Waals surface area (Å²) in [5, 5.41) is 0. The number of anilines is 1. The van der Waals surface area contributed by atoms with Crippen molar-refractivity contribution in [2.24, 2.45) is 0 Å². The van der Waals surface area contributed by atoms with E-state index in [-0.39, 0.29) is 0 Å². The number of halogens is 6. The van der Waals surface area contributed by atoms with Gasteiger partial charge < -0.3 is 0 Å². The fraction of sp³-hybridized carbons (Fsp3) is 0.0526. The lowest BCUT2D eigenvalue weighted by Crippen LogP contribution is -2.17. The highest BCUT2D eigenvalue weighted by Crippen LogP contribution is 2.38. The lowest BCUT2D eigenvalue weighted by atomic mass is 10.00. The summed E-state index contributed by atoms with van der Waals surface area (Å²) in [7, 11) is -4.57. The Hall–Kier alpha value is -3.01. The minimum Gasteiger partial charge on any atom is -0.276 e. The molecule has 0 atom stereocenters. The average Bonchev–Trinajstić information content (AvgIpc) is 2.69. The molecule has 0 saturated carbocycles. The predicted octanol–water partition coefficient (Wildman–Crippen LogP) is 5.30. The van der Waals surface area contributed by atoms with E-state index < -0.39 is 72.2 Å². The Balaban J connectivity index is 2.30. The van der Waals surface area contributed by atoms with Gasteiger partial charge in [-0.3, -0.25) is 4.72 Å². The molecule has 0 spiro atoms. The highest BCUT2D eigenvalue weighted by atomic mass is 32.2. The largest absolute Gasteiger partial charge is 0.276 e. The number of hydrogen-bond acceptors (Lipinski definition) is 2. The van der Waals surface area contributed by atoms with E-state index in [0.29, 0.717) is 12.1 Å². The van der Waals surface area contributed by atoms with Crippen molar-refractivity contribution in [2.75, 3.05) is 4.72 Å². The summed E-state index contributed by atoms with van der Waals surface area (Å²) in [4.78, 5) is -0.392. The molecule has 0 aromatic heterocycles. The van der Waals surface area contributed by atoms with Crippen LogP contribution in [-0.4, -0.2) is 8.42 Å². The molecule has 0 aliphatic heterocycles. The van der Waals surface area contributed by atoms with Crippen LogP contribution in [0.15, 0.2) is 47.4 Å². The van der Waals surface area contributed by atoms with Crippen molar-refractivity contribution >= 4 is 15.7 Å². The molecule has 0 bridgehead atoms. The van der Waals surface area contributed by atoms with E-state index in [4.69, 9.17) is 0 Å². The number of hydrogen-bond donors (Lipinski definition) is 1. The zero-order valence-electron chi connectivity index (χ0n) is 14.5. The number of sulfonamides is 1. The van der Waals surface area contributed by atoms with Gasteiger partial charge in [0.05, 0.1) is 10.6 Å². The van der Waals surface area contributed by atoms with Gasteiger partial charge in [-0.05, 0) is 36.8 Å². The highest BCUT2D eigenvalue weighted by Gasteiger charge is 2.30. The van der Waals surface area contributed by atoms with E-state index in [1.54, 1.807) is 4.72 Å². The third-order valence-corrected chi connectivity index (χ3v) is 5.49. The van der Waals surface area contributed by atoms with Gasteiger partial charge >= 0.3 is 0 Å². The van der Waals surface area contributed by atoms with E-state index in [9.17, 15) is 34.8 Å². The lowest BCUT2D eigenvalue weighted by Gasteiger charge is -2.16. The molecule has 0 fully saturated rings. The first-order valence-electron chi connectivity index (χ1n) is 7.94. The van der Waals surface area contributed by atoms with Crippen LogP contribution in [0.1, 0.15) is 5.56 Å². The molecule has 3 nitrogen and oxygen atoms in total. The van der Waals surface area contributed by atoms with Crippen LogP contribution in [-0.2, 0) is 10.0 Å². The Bertz CT molecular complexity index is 1190. The minimum atomic E-state index is -4.57. The van der Waals surface area contributed by atoms with E-state index in [0.717, 1.165) is 19.1 Å². The van der Waals surface area contributed by atoms with Crippen molar-refractivity contribution in [1.82, 2.24) is 0 Å². The molecule has 3 rings (SSSR count). The summed E-state index contributed by atoms with van der Waals surface area (Å²) in [6.07, 6.45) is 0. The van der Waals surface area contributed by atoms with Gasteiger partial charge in [0.2, 0.25) is 0 Å². The molecule has 10 heteroatoms. The van der Waals surface area contributed by atoms with Crippen molar-refractivity contribution in [3.05, 3.63) is 82.9 Å². The molecular formula is C19H11F6NO2S. The molecule has 0 unspecified atom stereocenters. The second-order valence-corrected chi connectivity index (χ2v) is 7.67. The molecule has 0 aliphatic rings. The molecule has 0 amide bonds. The monoisotopic (exact) mass is 431 g/mol. The summed E-state index contributed by atoms with van der Waals surface area (Å²) in [5.74, 6) is -11.0. The quantitative estimate of drug-likeness (QED) is 0.346. The topological polar surface area (TPSA) is 46.2 Å². The molecule has 1 N–H and O–H groups in total. The van der Waals surface area contributed by atoms with Crippen LogP contribution in [0.2, 0.25) is 0 Å². The van der Waals surface area contributed by atoms with E-state index in [1.807, 2.05) is 0 Å². The first-order valence-corrected chi connectivity index (χ1v) is 9.42. The predicted molar refractivity (Wildman–Crippen MR) is 93.6 cm³/mol. The van der Waals surface area contributed by atoms with Crippen LogP contribution in [0.4, 0.5) is 32.0 Å². The Morgan fingerprint density at radius 1 is 0.759 bits per heavy atom. The maximum absolute atomic E-state index is 14.5. The van der Waals surface area contributed by atoms with E-state index in [2.05, 4.69) is 0 Å². The maximum atomic E-state index is 14.5. The van der Waals surface area contributed by atoms with Crippen molar-refractivity contribution in [2.45, 2.75) is 11.8 Å². The van der Waals surface area contributed by atoms with Gasteiger partial charge in [0.15, 0.2) is 23.3 Å². The summed E-state index contributed by atoms with van der Waals surface area (Å²) in [5.41, 5.74) is -3.69. The van der Waals surface area contributed by atoms with Gasteiger partial charge in [0.1, 0.15) is 11.6 Å². The Morgan fingerprint density at radius 2 is 1.28 bits per heavy atom. The van der Waals surface area contributed by atoms with Gasteiger partial charge in [-0.15, -0.1) is 0 Å². The summed E-state index contributed by atoms with van der Waals surface area (Å²) >= 11 is 0. The summed E-state index contributed by atoms with van der Waals surface area (Å²) in [6.45, 7) is 1.07. The van der Waals surface area contributed by atoms with Crippen LogP contribution in [0, 0.1) is 41.8 Å². The molecular weight excluding hydrogens is 420 g/mol. The van der Waals surface area contributed by atoms with Gasteiger partial charge in [-0.25, -0.2) is 34.8 Å². The van der Waals surface area contributed by atoms with Crippen LogP contribution in [0.5, 0.6) is 0 Å². The van der Waals surface area contributed by atoms with Gasteiger partial charge in [0.25, 0.3) is 10.0 Å². The zero-order valence-corrected chi connectivity index (χ0v) is 15.4. The molecule has 0 aliphatic carbocycles. The number of rotatable bonds is 4. The highest BCUT2D eigenvalue weighted by molar-refractivity contribution is 7.92. The molecule has 29 heavy (non-hydrogen) atoms. The van der Waals surface area contributed by atoms with Crippen LogP contribution < -0.4 is 4.72 Å². The Labute approximate surface area is 161 Å². The molecule has 0 radical (unpaired) electrons. The Morgan fingerprint density at radius 3 is 1.83 bits per heavy atom. The van der Waals surface area contributed by atoms with Crippen molar-refractivity contribution in [3.63, 3.8) is 0 Å². The smallest absolute Gasteiger partial charge is 0.262 e. The second kappa shape index (κ2) is 7.43. The molecule has 152 valence electrons.